The minimum atomic E-state index is -0.459. The fourth-order valence-corrected chi connectivity index (χ4v) is 3.83. The van der Waals surface area contributed by atoms with E-state index in [4.69, 9.17) is 23.2 Å². The van der Waals surface area contributed by atoms with E-state index in [0.29, 0.717) is 21.6 Å². The second kappa shape index (κ2) is 9.90. The van der Waals surface area contributed by atoms with Crippen molar-refractivity contribution in [2.45, 2.75) is 13.1 Å². The average Bonchev–Trinajstić information content (AvgIpc) is 3.45. The standard InChI is InChI=1S/C21H16Cl2N6O2S/c22-15-7-6-14(8-16(15)23)20-26-17(11-32-20)19(31)27-21-25-12-29(28-21)10-18(30)24-9-13-4-2-1-3-5-13/h1-8,11-12H,9-10H2,(H,24,30)(H,27,28,31). The summed E-state index contributed by atoms with van der Waals surface area (Å²) >= 11 is 13.3. The minimum Gasteiger partial charge on any atom is -0.350 e. The molecule has 0 aliphatic rings. The van der Waals surface area contributed by atoms with Crippen LogP contribution in [-0.2, 0) is 17.9 Å². The number of hydrogen-bond donors (Lipinski definition) is 2. The number of hydrogen-bond acceptors (Lipinski definition) is 6. The summed E-state index contributed by atoms with van der Waals surface area (Å²) in [5.41, 5.74) is 1.97. The zero-order valence-electron chi connectivity index (χ0n) is 16.5. The molecule has 2 aromatic carbocycles. The number of benzene rings is 2. The van der Waals surface area contributed by atoms with Gasteiger partial charge in [-0.05, 0) is 17.7 Å². The van der Waals surface area contributed by atoms with Gasteiger partial charge in [0.2, 0.25) is 11.9 Å². The average molecular weight is 487 g/mol. The number of carbonyl (C=O) groups is 2. The van der Waals surface area contributed by atoms with Crippen molar-refractivity contribution in [2.75, 3.05) is 5.32 Å². The molecule has 2 amide bonds. The molecule has 4 rings (SSSR count). The van der Waals surface area contributed by atoms with Crippen LogP contribution < -0.4 is 10.6 Å². The topological polar surface area (TPSA) is 102 Å². The van der Waals surface area contributed by atoms with Crippen molar-refractivity contribution in [3.63, 3.8) is 0 Å². The van der Waals surface area contributed by atoms with E-state index in [1.54, 1.807) is 23.6 Å². The van der Waals surface area contributed by atoms with Crippen molar-refractivity contribution >= 4 is 52.3 Å². The molecule has 11 heteroatoms. The third kappa shape index (κ3) is 5.50. The van der Waals surface area contributed by atoms with E-state index < -0.39 is 5.91 Å². The summed E-state index contributed by atoms with van der Waals surface area (Å²) in [6.07, 6.45) is 1.37. The number of rotatable bonds is 7. The number of anilines is 1. The van der Waals surface area contributed by atoms with Crippen LogP contribution in [0.5, 0.6) is 0 Å². The molecule has 0 fully saturated rings. The number of thiazole rings is 1. The predicted molar refractivity (Wildman–Crippen MR) is 124 cm³/mol. The van der Waals surface area contributed by atoms with Crippen LogP contribution in [0.15, 0.2) is 60.2 Å². The Balaban J connectivity index is 1.33. The van der Waals surface area contributed by atoms with Crippen molar-refractivity contribution in [1.82, 2.24) is 25.1 Å². The maximum absolute atomic E-state index is 12.5. The second-order valence-corrected chi connectivity index (χ2v) is 8.32. The molecular formula is C21H16Cl2N6O2S. The third-order valence-electron chi connectivity index (χ3n) is 4.30. The summed E-state index contributed by atoms with van der Waals surface area (Å²) < 4.78 is 1.35. The Morgan fingerprint density at radius 3 is 2.66 bits per heavy atom. The Hall–Kier alpha value is -3.27. The highest BCUT2D eigenvalue weighted by Crippen LogP contribution is 2.30. The predicted octanol–water partition coefficient (Wildman–Crippen LogP) is 4.28. The van der Waals surface area contributed by atoms with Crippen LogP contribution in [0, 0.1) is 0 Å². The van der Waals surface area contributed by atoms with Gasteiger partial charge in [-0.1, -0.05) is 59.6 Å². The summed E-state index contributed by atoms with van der Waals surface area (Å²) in [7, 11) is 0. The first-order valence-corrected chi connectivity index (χ1v) is 11.0. The first kappa shape index (κ1) is 21.9. The molecule has 8 nitrogen and oxygen atoms in total. The fraction of sp³-hybridized carbons (Fsp3) is 0.0952. The lowest BCUT2D eigenvalue weighted by Gasteiger charge is -2.05. The zero-order chi connectivity index (χ0) is 22.5. The van der Waals surface area contributed by atoms with E-state index in [9.17, 15) is 9.59 Å². The van der Waals surface area contributed by atoms with Crippen molar-refractivity contribution in [2.24, 2.45) is 0 Å². The molecule has 2 aromatic heterocycles. The van der Waals surface area contributed by atoms with Crippen LogP contribution in [0.1, 0.15) is 16.1 Å². The maximum Gasteiger partial charge on any atom is 0.277 e. The quantitative estimate of drug-likeness (QED) is 0.405. The molecule has 0 saturated heterocycles. The van der Waals surface area contributed by atoms with Crippen LogP contribution in [0.4, 0.5) is 5.95 Å². The second-order valence-electron chi connectivity index (χ2n) is 6.65. The van der Waals surface area contributed by atoms with Crippen LogP contribution >= 0.6 is 34.5 Å². The van der Waals surface area contributed by atoms with Gasteiger partial charge in [0.25, 0.3) is 5.91 Å². The summed E-state index contributed by atoms with van der Waals surface area (Å²) in [4.78, 5) is 33.0. The van der Waals surface area contributed by atoms with Gasteiger partial charge in [0.15, 0.2) is 0 Å². The molecule has 0 spiro atoms. The van der Waals surface area contributed by atoms with Gasteiger partial charge in [-0.25, -0.2) is 14.6 Å². The highest BCUT2D eigenvalue weighted by atomic mass is 35.5. The number of amides is 2. The van der Waals surface area contributed by atoms with Gasteiger partial charge in [-0.15, -0.1) is 16.4 Å². The van der Waals surface area contributed by atoms with Gasteiger partial charge in [0, 0.05) is 17.5 Å². The number of carbonyl (C=O) groups excluding carboxylic acids is 2. The molecule has 0 aliphatic heterocycles. The van der Waals surface area contributed by atoms with Crippen molar-refractivity contribution in [3.8, 4) is 10.6 Å². The van der Waals surface area contributed by atoms with Gasteiger partial charge in [-0.3, -0.25) is 14.9 Å². The van der Waals surface area contributed by atoms with Crippen LogP contribution in [0.25, 0.3) is 10.6 Å². The molecule has 0 unspecified atom stereocenters. The van der Waals surface area contributed by atoms with Gasteiger partial charge >= 0.3 is 0 Å². The molecule has 162 valence electrons. The van der Waals surface area contributed by atoms with E-state index in [-0.39, 0.29) is 24.1 Å². The number of aromatic nitrogens is 4. The van der Waals surface area contributed by atoms with Crippen molar-refractivity contribution in [1.29, 1.82) is 0 Å². The van der Waals surface area contributed by atoms with Crippen LogP contribution in [-0.4, -0.2) is 31.6 Å². The highest BCUT2D eigenvalue weighted by molar-refractivity contribution is 7.13. The van der Waals surface area contributed by atoms with Crippen molar-refractivity contribution in [3.05, 3.63) is 81.5 Å². The Morgan fingerprint density at radius 1 is 1.06 bits per heavy atom. The lowest BCUT2D eigenvalue weighted by molar-refractivity contribution is -0.122. The molecule has 32 heavy (non-hydrogen) atoms. The lowest BCUT2D eigenvalue weighted by Crippen LogP contribution is -2.27. The molecule has 4 aromatic rings. The van der Waals surface area contributed by atoms with E-state index in [1.165, 1.54) is 22.3 Å². The van der Waals surface area contributed by atoms with E-state index in [2.05, 4.69) is 25.7 Å². The smallest absolute Gasteiger partial charge is 0.277 e. The summed E-state index contributed by atoms with van der Waals surface area (Å²) in [5.74, 6) is -0.601. The van der Waals surface area contributed by atoms with Gasteiger partial charge in [0.1, 0.15) is 23.6 Å². The minimum absolute atomic E-state index is 0.0200. The molecule has 0 bridgehead atoms. The first-order valence-electron chi connectivity index (χ1n) is 9.40. The van der Waals surface area contributed by atoms with Gasteiger partial charge in [-0.2, -0.15) is 0 Å². The summed E-state index contributed by atoms with van der Waals surface area (Å²) in [6.45, 7) is 0.400. The molecule has 0 atom stereocenters. The van der Waals surface area contributed by atoms with E-state index >= 15 is 0 Å². The normalized spacial score (nSPS) is 10.7. The summed E-state index contributed by atoms with van der Waals surface area (Å²) in [5, 5.41) is 12.6. The molecular weight excluding hydrogens is 471 g/mol. The Labute approximate surface area is 197 Å². The summed E-state index contributed by atoms with van der Waals surface area (Å²) in [6, 6.07) is 14.7. The van der Waals surface area contributed by atoms with Gasteiger partial charge in [0.05, 0.1) is 10.0 Å². The maximum atomic E-state index is 12.5. The fourth-order valence-electron chi connectivity index (χ4n) is 2.73. The Bertz CT molecular complexity index is 1260. The first-order chi connectivity index (χ1) is 15.5. The molecule has 2 N–H and O–H groups in total. The van der Waals surface area contributed by atoms with Gasteiger partial charge < -0.3 is 5.32 Å². The highest BCUT2D eigenvalue weighted by Gasteiger charge is 2.15. The van der Waals surface area contributed by atoms with E-state index in [0.717, 1.165) is 11.1 Å². The molecule has 0 aliphatic carbocycles. The van der Waals surface area contributed by atoms with Crippen LogP contribution in [0.2, 0.25) is 10.0 Å². The number of nitrogens with one attached hydrogen (secondary N) is 2. The Morgan fingerprint density at radius 2 is 1.88 bits per heavy atom. The Kier molecular flexibility index (Phi) is 6.79. The molecule has 0 radical (unpaired) electrons. The largest absolute Gasteiger partial charge is 0.350 e. The zero-order valence-corrected chi connectivity index (χ0v) is 18.8. The molecule has 2 heterocycles. The molecule has 0 saturated carbocycles. The lowest BCUT2D eigenvalue weighted by atomic mass is 10.2. The van der Waals surface area contributed by atoms with Crippen LogP contribution in [0.3, 0.4) is 0 Å². The number of nitrogens with zero attached hydrogens (tertiary/aromatic N) is 4. The van der Waals surface area contributed by atoms with E-state index in [1.807, 2.05) is 30.3 Å². The SMILES string of the molecule is O=C(Cn1cnc(NC(=O)c2csc(-c3ccc(Cl)c(Cl)c3)n2)n1)NCc1ccccc1. The van der Waals surface area contributed by atoms with Crippen molar-refractivity contribution < 1.29 is 9.59 Å². The monoisotopic (exact) mass is 486 g/mol. The number of halogens is 2. The third-order valence-corrected chi connectivity index (χ3v) is 5.93.